The fraction of sp³-hybridized carbons (Fsp3) is 0.440. The van der Waals surface area contributed by atoms with Gasteiger partial charge < -0.3 is 44.8 Å². The quantitative estimate of drug-likeness (QED) is 0.125. The molecule has 10 rings (SSSR count). The number of nitrogens with zero attached hydrogens (tertiary/aromatic N) is 11. The molecule has 71 heavy (non-hydrogen) atoms. The zero-order chi connectivity index (χ0) is 50.5. The van der Waals surface area contributed by atoms with Crippen LogP contribution in [0.3, 0.4) is 0 Å². The Morgan fingerprint density at radius 2 is 1.24 bits per heavy atom. The zero-order valence-electron chi connectivity index (χ0n) is 39.9. The summed E-state index contributed by atoms with van der Waals surface area (Å²) in [7, 11) is 2.95. The van der Waals surface area contributed by atoms with Gasteiger partial charge in [-0.2, -0.15) is 20.7 Å². The predicted molar refractivity (Wildman–Crippen MR) is 265 cm³/mol. The van der Waals surface area contributed by atoms with Crippen molar-refractivity contribution in [2.75, 3.05) is 63.3 Å². The van der Waals surface area contributed by atoms with E-state index in [0.29, 0.717) is 71.5 Å². The normalized spacial score (nSPS) is 22.0. The molecule has 4 fully saturated rings. The number of fused-ring (bicyclic) bond motifs is 2. The van der Waals surface area contributed by atoms with E-state index in [-0.39, 0.29) is 23.4 Å². The van der Waals surface area contributed by atoms with Gasteiger partial charge in [-0.15, -0.1) is 0 Å². The number of carboxylic acids is 1. The maximum atomic E-state index is 13.6. The van der Waals surface area contributed by atoms with Crippen molar-refractivity contribution in [3.05, 3.63) is 105 Å². The number of aliphatic hydroxyl groups excluding tert-OH is 2. The lowest BCUT2D eigenvalue weighted by Crippen LogP contribution is -2.38. The maximum absolute atomic E-state index is 13.6. The van der Waals surface area contributed by atoms with Crippen LogP contribution in [0.5, 0.6) is 11.5 Å². The first-order valence-corrected chi connectivity index (χ1v) is 24.3. The fourth-order valence-electron chi connectivity index (χ4n) is 9.62. The van der Waals surface area contributed by atoms with Crippen molar-refractivity contribution in [1.82, 2.24) is 39.4 Å². The average Bonchev–Trinajstić information content (AvgIpc) is 4.18. The molecule has 372 valence electrons. The number of aromatic carboxylic acids is 1. The number of carbonyl (C=O) groups excluding carboxylic acids is 1. The average molecular weight is 1010 g/mol. The standard InChI is InChI=1S/C25H27ClN6O3.C17H22N6O.C8H7ClO3/c1-15-12-32-23(28-24(15)30-13-16(11-27)21(33)14-30)10-19(29-32)20-5-3-4-8-31(20)25(34)18-9-17(26)6-7-22(18)35-2;1-11-8-23-16(6-14(21-23)13-4-2-3-5-19-13)20-17(11)22-9-12(7-18)15(24)10-22;1-12-7-3-2-5(9)4-6(7)8(10)11/h6-7,9-10,12,16,20-21,33H,3-5,8,13-14H2,1-2H3;6,8,12-13,15,19,24H,2-5,9-10H2,1H3;2-4H,1H3,(H,10,11)/t16-,20+,21+;12-,13+,15+;/m11./s1. The minimum Gasteiger partial charge on any atom is -0.496 e. The number of nitrogens with one attached hydrogen (secondary N) is 1. The lowest BCUT2D eigenvalue weighted by Gasteiger charge is -2.35. The molecule has 6 atom stereocenters. The van der Waals surface area contributed by atoms with Gasteiger partial charge in [-0.1, -0.05) is 29.6 Å². The van der Waals surface area contributed by atoms with Crippen LogP contribution in [0.25, 0.3) is 11.3 Å². The summed E-state index contributed by atoms with van der Waals surface area (Å²) in [4.78, 5) is 39.5. The highest BCUT2D eigenvalue weighted by molar-refractivity contribution is 6.31. The summed E-state index contributed by atoms with van der Waals surface area (Å²) in [6.07, 6.45) is 8.85. The van der Waals surface area contributed by atoms with Crippen LogP contribution in [-0.4, -0.2) is 127 Å². The van der Waals surface area contributed by atoms with Crippen molar-refractivity contribution in [3.8, 4) is 23.6 Å². The Hall–Kier alpha value is -6.74. The van der Waals surface area contributed by atoms with Crippen LogP contribution in [0.15, 0.2) is 60.9 Å². The molecule has 6 aromatic rings. The summed E-state index contributed by atoms with van der Waals surface area (Å²) in [5.74, 6) is 0.408. The van der Waals surface area contributed by atoms with Crippen LogP contribution >= 0.6 is 23.2 Å². The molecule has 0 bridgehead atoms. The van der Waals surface area contributed by atoms with Crippen LogP contribution in [0.2, 0.25) is 10.0 Å². The molecule has 21 heteroatoms. The van der Waals surface area contributed by atoms with Gasteiger partial charge in [-0.05, 0) is 88.9 Å². The molecule has 0 aliphatic carbocycles. The number of carboxylic acid groups (broad SMARTS) is 1. The van der Waals surface area contributed by atoms with E-state index in [2.05, 4.69) is 22.6 Å². The molecule has 19 nitrogen and oxygen atoms in total. The SMILES string of the molecule is COc1ccc(Cl)cc1C(=O)N1CCCC[C@H]1c1cc2nc(N3C[C@@H](C#N)[C@@H](O)C3)c(C)cn2n1.COc1ccc(Cl)cc1C(=O)O.Cc1cn2nc([C@@H]3CCCCN3)cc2nc1N1C[C@@H](C#N)[C@@H](O)C1. The number of likely N-dealkylation sites (tertiary alicyclic amines) is 1. The summed E-state index contributed by atoms with van der Waals surface area (Å²) < 4.78 is 13.8. The number of rotatable bonds is 8. The third-order valence-electron chi connectivity index (χ3n) is 13.3. The fourth-order valence-corrected chi connectivity index (χ4v) is 9.96. The number of hydrogen-bond donors (Lipinski definition) is 4. The molecule has 4 aliphatic heterocycles. The lowest BCUT2D eigenvalue weighted by molar-refractivity contribution is 0.0601. The van der Waals surface area contributed by atoms with Crippen molar-refractivity contribution < 1.29 is 34.4 Å². The number of β-amino-alcohol motifs (C(OH)–C–C–N with tert-alkyl or cyclic N) is 2. The van der Waals surface area contributed by atoms with E-state index in [0.717, 1.165) is 72.0 Å². The number of halogens is 2. The van der Waals surface area contributed by atoms with Crippen molar-refractivity contribution in [2.24, 2.45) is 11.8 Å². The summed E-state index contributed by atoms with van der Waals surface area (Å²) >= 11 is 11.8. The third-order valence-corrected chi connectivity index (χ3v) is 13.8. The van der Waals surface area contributed by atoms with Gasteiger partial charge in [-0.25, -0.2) is 23.8 Å². The molecule has 4 aromatic heterocycles. The number of amides is 1. The molecule has 0 radical (unpaired) electrons. The number of piperidine rings is 2. The Labute approximate surface area is 420 Å². The van der Waals surface area contributed by atoms with Gasteiger partial charge in [0.15, 0.2) is 11.3 Å². The third kappa shape index (κ3) is 11.1. The van der Waals surface area contributed by atoms with Crippen molar-refractivity contribution in [2.45, 2.75) is 76.7 Å². The van der Waals surface area contributed by atoms with Crippen molar-refractivity contribution in [3.63, 3.8) is 0 Å². The molecule has 4 aliphatic rings. The Balaban J connectivity index is 0.000000161. The van der Waals surface area contributed by atoms with Crippen molar-refractivity contribution in [1.29, 1.82) is 10.5 Å². The second kappa shape index (κ2) is 22.1. The summed E-state index contributed by atoms with van der Waals surface area (Å²) in [6.45, 7) is 7.37. The number of aliphatic hydroxyl groups is 2. The molecule has 0 saturated carbocycles. The number of carbonyl (C=O) groups is 2. The minimum absolute atomic E-state index is 0.0741. The van der Waals surface area contributed by atoms with Crippen LogP contribution in [0, 0.1) is 48.3 Å². The predicted octanol–water partition coefficient (Wildman–Crippen LogP) is 6.61. The molecular weight excluding hydrogens is 952 g/mol. The molecule has 8 heterocycles. The first kappa shape index (κ1) is 50.6. The van der Waals surface area contributed by atoms with Crippen LogP contribution < -0.4 is 24.6 Å². The number of nitriles is 2. The number of ether oxygens (including phenoxy) is 2. The Morgan fingerprint density at radius 3 is 1.75 bits per heavy atom. The van der Waals surface area contributed by atoms with Gasteiger partial charge in [0.05, 0.1) is 79.4 Å². The molecule has 4 N–H and O–H groups in total. The molecule has 0 spiro atoms. The second-order valence-corrected chi connectivity index (χ2v) is 19.0. The highest BCUT2D eigenvalue weighted by Gasteiger charge is 2.36. The second-order valence-electron chi connectivity index (χ2n) is 18.2. The van der Waals surface area contributed by atoms with E-state index >= 15 is 0 Å². The van der Waals surface area contributed by atoms with E-state index in [1.165, 1.54) is 32.1 Å². The number of aromatic nitrogens is 6. The van der Waals surface area contributed by atoms with Gasteiger partial charge in [0, 0.05) is 78.4 Å². The van der Waals surface area contributed by atoms with Crippen LogP contribution in [-0.2, 0) is 0 Å². The topological polar surface area (TPSA) is 243 Å². The summed E-state index contributed by atoms with van der Waals surface area (Å²) in [5.41, 5.74) is 5.70. The van der Waals surface area contributed by atoms with Gasteiger partial charge >= 0.3 is 5.97 Å². The smallest absolute Gasteiger partial charge is 0.339 e. The van der Waals surface area contributed by atoms with Gasteiger partial charge in [0.1, 0.15) is 28.7 Å². The van der Waals surface area contributed by atoms with Gasteiger partial charge in [-0.3, -0.25) is 4.79 Å². The first-order chi connectivity index (χ1) is 34.2. The number of anilines is 2. The maximum Gasteiger partial charge on any atom is 0.339 e. The summed E-state index contributed by atoms with van der Waals surface area (Å²) in [6, 6.07) is 17.9. The number of hydrogen-bond acceptors (Lipinski definition) is 15. The number of aryl methyl sites for hydroxylation is 2. The van der Waals surface area contributed by atoms with Gasteiger partial charge in [0.2, 0.25) is 0 Å². The molecular formula is C50H56Cl2N12O7. The van der Waals surface area contributed by atoms with Crippen LogP contribution in [0.1, 0.15) is 93.8 Å². The molecule has 2 aromatic carbocycles. The van der Waals surface area contributed by atoms with E-state index in [1.807, 2.05) is 57.6 Å². The Kier molecular flexibility index (Phi) is 15.8. The highest BCUT2D eigenvalue weighted by atomic mass is 35.5. The van der Waals surface area contributed by atoms with Crippen molar-refractivity contribution >= 4 is 58.0 Å². The van der Waals surface area contributed by atoms with E-state index < -0.39 is 24.1 Å². The highest BCUT2D eigenvalue weighted by Crippen LogP contribution is 2.36. The first-order valence-electron chi connectivity index (χ1n) is 23.5. The van der Waals surface area contributed by atoms with E-state index in [4.69, 9.17) is 58.1 Å². The largest absolute Gasteiger partial charge is 0.496 e. The molecule has 0 unspecified atom stereocenters. The zero-order valence-corrected chi connectivity index (χ0v) is 41.4. The Morgan fingerprint density at radius 1 is 0.718 bits per heavy atom. The van der Waals surface area contributed by atoms with E-state index in [1.54, 1.807) is 35.9 Å². The number of benzene rings is 2. The molecule has 1 amide bonds. The summed E-state index contributed by atoms with van der Waals surface area (Å²) in [5, 5.41) is 61.1. The van der Waals surface area contributed by atoms with E-state index in [9.17, 15) is 25.1 Å². The molecule has 4 saturated heterocycles. The van der Waals surface area contributed by atoms with Gasteiger partial charge in [0.25, 0.3) is 5.91 Å². The van der Waals surface area contributed by atoms with Crippen LogP contribution in [0.4, 0.5) is 11.6 Å². The minimum atomic E-state index is -1.05. The number of methoxy groups -OCH3 is 2. The lowest BCUT2D eigenvalue weighted by atomic mass is 9.98. The monoisotopic (exact) mass is 1010 g/mol. The Bertz CT molecular complexity index is 3000.